The molecule has 0 unspecified atom stereocenters. The van der Waals surface area contributed by atoms with Crippen molar-refractivity contribution in [2.24, 2.45) is 5.92 Å². The van der Waals surface area contributed by atoms with Crippen molar-refractivity contribution < 1.29 is 23.5 Å². The molecule has 1 fully saturated rings. The molecule has 0 bridgehead atoms. The smallest absolute Gasteiger partial charge is 0.246 e. The second-order valence-corrected chi connectivity index (χ2v) is 8.96. The lowest BCUT2D eigenvalue weighted by atomic mass is 9.95. The van der Waals surface area contributed by atoms with Gasteiger partial charge in [0, 0.05) is 48.1 Å². The Labute approximate surface area is 208 Å². The first-order chi connectivity index (χ1) is 17.4. The number of halogens is 1. The largest absolute Gasteiger partial charge is 0.454 e. The van der Waals surface area contributed by atoms with Crippen LogP contribution in [0.5, 0.6) is 11.5 Å². The number of nitrogens with one attached hydrogen (secondary N) is 1. The van der Waals surface area contributed by atoms with E-state index in [9.17, 15) is 14.0 Å². The first-order valence-electron chi connectivity index (χ1n) is 11.9. The summed E-state index contributed by atoms with van der Waals surface area (Å²) in [6.45, 7) is 4.99. The topological polar surface area (TPSA) is 85.7 Å². The molecule has 3 heterocycles. The number of likely N-dealkylation sites (tertiary alicyclic amines) is 1. The van der Waals surface area contributed by atoms with E-state index in [1.165, 1.54) is 12.1 Å². The predicted octanol–water partition coefficient (Wildman–Crippen LogP) is 4.25. The summed E-state index contributed by atoms with van der Waals surface area (Å²) in [5.74, 6) is 0.658. The van der Waals surface area contributed by atoms with E-state index in [4.69, 9.17) is 9.47 Å². The molecule has 2 aliphatic heterocycles. The minimum absolute atomic E-state index is 0.0593. The first kappa shape index (κ1) is 23.6. The number of hydrogen-bond donors (Lipinski definition) is 1. The number of ether oxygens (including phenoxy) is 2. The van der Waals surface area contributed by atoms with E-state index in [2.05, 4.69) is 10.4 Å². The molecule has 8 nitrogen and oxygen atoms in total. The lowest BCUT2D eigenvalue weighted by Gasteiger charge is -2.30. The minimum Gasteiger partial charge on any atom is -0.454 e. The van der Waals surface area contributed by atoms with Gasteiger partial charge in [0.15, 0.2) is 11.5 Å². The highest BCUT2D eigenvalue weighted by Gasteiger charge is 2.27. The monoisotopic (exact) mass is 490 g/mol. The van der Waals surface area contributed by atoms with Gasteiger partial charge in [-0.1, -0.05) is 0 Å². The van der Waals surface area contributed by atoms with E-state index in [1.54, 1.807) is 52.1 Å². The van der Waals surface area contributed by atoms with Crippen LogP contribution in [0.25, 0.3) is 11.8 Å². The number of aromatic nitrogens is 2. The van der Waals surface area contributed by atoms with Crippen molar-refractivity contribution in [3.8, 4) is 17.2 Å². The van der Waals surface area contributed by atoms with Gasteiger partial charge in [0.25, 0.3) is 0 Å². The zero-order chi connectivity index (χ0) is 25.2. The average molecular weight is 491 g/mol. The second kappa shape index (κ2) is 9.85. The zero-order valence-corrected chi connectivity index (χ0v) is 20.2. The highest BCUT2D eigenvalue weighted by Crippen LogP contribution is 2.34. The zero-order valence-electron chi connectivity index (χ0n) is 20.2. The molecule has 0 saturated carbocycles. The molecule has 0 radical (unpaired) electrons. The number of nitrogens with zero attached hydrogens (tertiary/aromatic N) is 3. The van der Waals surface area contributed by atoms with E-state index in [0.717, 1.165) is 22.6 Å². The van der Waals surface area contributed by atoms with Crippen LogP contribution in [0.3, 0.4) is 0 Å². The summed E-state index contributed by atoms with van der Waals surface area (Å²) in [5, 5.41) is 7.48. The SMILES string of the molecule is Cc1nn(-c2ccc(F)cc2)c(C)c1C=CC(=O)N1CCC(C(=O)Nc2ccc3c(c2)OCO3)CC1. The molecule has 1 N–H and O–H groups in total. The van der Waals surface area contributed by atoms with Crippen molar-refractivity contribution in [2.45, 2.75) is 26.7 Å². The Hall–Kier alpha value is -4.14. The number of carbonyl (C=O) groups is 2. The van der Waals surface area contributed by atoms with Crippen molar-refractivity contribution in [1.82, 2.24) is 14.7 Å². The second-order valence-electron chi connectivity index (χ2n) is 8.96. The maximum atomic E-state index is 13.3. The fraction of sp³-hybridized carbons (Fsp3) is 0.296. The number of carbonyl (C=O) groups excluding carboxylic acids is 2. The molecule has 2 amide bonds. The number of aryl methyl sites for hydroxylation is 1. The summed E-state index contributed by atoms with van der Waals surface area (Å²) in [5.41, 5.74) is 3.91. The number of benzene rings is 2. The summed E-state index contributed by atoms with van der Waals surface area (Å²) in [4.78, 5) is 27.3. The molecule has 1 aromatic heterocycles. The van der Waals surface area contributed by atoms with Crippen LogP contribution >= 0.6 is 0 Å². The van der Waals surface area contributed by atoms with Crippen LogP contribution in [-0.4, -0.2) is 46.4 Å². The maximum absolute atomic E-state index is 13.3. The fourth-order valence-corrected chi connectivity index (χ4v) is 4.57. The molecule has 0 atom stereocenters. The Kier molecular flexibility index (Phi) is 6.45. The van der Waals surface area contributed by atoms with Gasteiger partial charge in [-0.15, -0.1) is 0 Å². The highest BCUT2D eigenvalue weighted by atomic mass is 19.1. The number of hydrogen-bond acceptors (Lipinski definition) is 5. The quantitative estimate of drug-likeness (QED) is 0.541. The standard InChI is InChI=1S/C27H27FN4O4/c1-17-23(18(2)32(30-17)22-6-3-20(28)4-7-22)8-10-26(33)31-13-11-19(12-14-31)27(34)29-21-5-9-24-25(15-21)36-16-35-24/h3-10,15,19H,11-14,16H2,1-2H3,(H,29,34). The van der Waals surface area contributed by atoms with Crippen molar-refractivity contribution in [3.05, 3.63) is 71.3 Å². The average Bonchev–Trinajstić information content (AvgIpc) is 3.46. The third-order valence-corrected chi connectivity index (χ3v) is 6.63. The number of amides is 2. The van der Waals surface area contributed by atoms with Crippen molar-refractivity contribution in [2.75, 3.05) is 25.2 Å². The van der Waals surface area contributed by atoms with E-state index in [0.29, 0.717) is 43.1 Å². The summed E-state index contributed by atoms with van der Waals surface area (Å²) in [6.07, 6.45) is 4.52. The molecule has 0 spiro atoms. The molecule has 5 rings (SSSR count). The van der Waals surface area contributed by atoms with E-state index in [1.807, 2.05) is 13.8 Å². The van der Waals surface area contributed by atoms with Crippen LogP contribution in [0.1, 0.15) is 29.8 Å². The van der Waals surface area contributed by atoms with Gasteiger partial charge < -0.3 is 19.7 Å². The molecule has 0 aliphatic carbocycles. The molecule has 2 aromatic carbocycles. The molecular formula is C27H27FN4O4. The summed E-state index contributed by atoms with van der Waals surface area (Å²) < 4.78 is 25.7. The fourth-order valence-electron chi connectivity index (χ4n) is 4.57. The third-order valence-electron chi connectivity index (χ3n) is 6.63. The van der Waals surface area contributed by atoms with Crippen LogP contribution in [0.2, 0.25) is 0 Å². The number of fused-ring (bicyclic) bond motifs is 1. The van der Waals surface area contributed by atoms with Crippen molar-refractivity contribution in [1.29, 1.82) is 0 Å². The van der Waals surface area contributed by atoms with Gasteiger partial charge in [-0.3, -0.25) is 9.59 Å². The normalized spacial score (nSPS) is 15.5. The Bertz CT molecular complexity index is 1320. The summed E-state index contributed by atoms with van der Waals surface area (Å²) in [6, 6.07) is 11.4. The van der Waals surface area contributed by atoms with Crippen LogP contribution in [0.15, 0.2) is 48.5 Å². The van der Waals surface area contributed by atoms with E-state index < -0.39 is 0 Å². The molecular weight excluding hydrogens is 463 g/mol. The lowest BCUT2D eigenvalue weighted by Crippen LogP contribution is -2.40. The van der Waals surface area contributed by atoms with Crippen molar-refractivity contribution in [3.63, 3.8) is 0 Å². The minimum atomic E-state index is -0.305. The lowest BCUT2D eigenvalue weighted by molar-refractivity contribution is -0.130. The van der Waals surface area contributed by atoms with Gasteiger partial charge >= 0.3 is 0 Å². The predicted molar refractivity (Wildman–Crippen MR) is 133 cm³/mol. The van der Waals surface area contributed by atoms with Crippen LogP contribution in [0, 0.1) is 25.6 Å². The molecule has 36 heavy (non-hydrogen) atoms. The van der Waals surface area contributed by atoms with Crippen LogP contribution in [-0.2, 0) is 9.59 Å². The van der Waals surface area contributed by atoms with Crippen LogP contribution < -0.4 is 14.8 Å². The summed E-state index contributed by atoms with van der Waals surface area (Å²) in [7, 11) is 0. The molecule has 1 saturated heterocycles. The first-order valence-corrected chi connectivity index (χ1v) is 11.9. The Morgan fingerprint density at radius 3 is 2.53 bits per heavy atom. The van der Waals surface area contributed by atoms with E-state index >= 15 is 0 Å². The van der Waals surface area contributed by atoms with Gasteiger partial charge in [-0.2, -0.15) is 5.10 Å². The highest BCUT2D eigenvalue weighted by molar-refractivity contribution is 5.94. The van der Waals surface area contributed by atoms with Gasteiger partial charge in [0.2, 0.25) is 18.6 Å². The Balaban J connectivity index is 1.17. The van der Waals surface area contributed by atoms with Crippen LogP contribution in [0.4, 0.5) is 10.1 Å². The number of piperidine rings is 1. The molecule has 9 heteroatoms. The van der Waals surface area contributed by atoms with Crippen molar-refractivity contribution >= 4 is 23.6 Å². The Morgan fingerprint density at radius 1 is 1.06 bits per heavy atom. The van der Waals surface area contributed by atoms with Gasteiger partial charge in [0.05, 0.1) is 11.4 Å². The molecule has 3 aromatic rings. The molecule has 186 valence electrons. The Morgan fingerprint density at radius 2 is 1.78 bits per heavy atom. The maximum Gasteiger partial charge on any atom is 0.246 e. The summed E-state index contributed by atoms with van der Waals surface area (Å²) >= 11 is 0. The third kappa shape index (κ3) is 4.82. The van der Waals surface area contributed by atoms with Gasteiger partial charge in [0.1, 0.15) is 5.82 Å². The van der Waals surface area contributed by atoms with E-state index in [-0.39, 0.29) is 30.3 Å². The van der Waals surface area contributed by atoms with Gasteiger partial charge in [-0.05, 0) is 69.2 Å². The van der Waals surface area contributed by atoms with Gasteiger partial charge in [-0.25, -0.2) is 9.07 Å². The molecule has 2 aliphatic rings. The number of anilines is 1. The number of rotatable bonds is 5.